The van der Waals surface area contributed by atoms with Crippen molar-refractivity contribution in [3.63, 3.8) is 0 Å². The van der Waals surface area contributed by atoms with Crippen LogP contribution in [0.1, 0.15) is 92.8 Å². The maximum Gasteiger partial charge on any atom is 0.380 e. The zero-order valence-electron chi connectivity index (χ0n) is 19.7. The first-order valence-corrected chi connectivity index (χ1v) is 11.9. The molecule has 0 saturated carbocycles. The van der Waals surface area contributed by atoms with Crippen molar-refractivity contribution < 1.29 is 17.4 Å². The van der Waals surface area contributed by atoms with Crippen molar-refractivity contribution in [2.75, 3.05) is 0 Å². The number of hydrogen-bond acceptors (Lipinski definition) is 4. The summed E-state index contributed by atoms with van der Waals surface area (Å²) < 4.78 is 28.9. The van der Waals surface area contributed by atoms with E-state index in [4.69, 9.17) is 9.32 Å². The van der Waals surface area contributed by atoms with E-state index in [-0.39, 0.29) is 64.8 Å². The van der Waals surface area contributed by atoms with Crippen LogP contribution in [0.15, 0.2) is 42.5 Å². The monoisotopic (exact) mass is 454 g/mol. The van der Waals surface area contributed by atoms with Crippen LogP contribution in [-0.2, 0) is 10.3 Å². The molecule has 0 saturated heterocycles. The van der Waals surface area contributed by atoms with Gasteiger partial charge in [-0.3, -0.25) is 4.79 Å². The molecule has 2 aromatic carbocycles. The van der Waals surface area contributed by atoms with Gasteiger partial charge in [0.05, 0.1) is 0 Å². The number of Topliss-reactive ketones (excluding diaryl/α,β-unsaturated/α-hetero) is 1. The third-order valence-electron chi connectivity index (χ3n) is 5.54. The molecule has 7 heteroatoms. The van der Waals surface area contributed by atoms with Crippen LogP contribution in [0.25, 0.3) is 0 Å². The van der Waals surface area contributed by atoms with Crippen molar-refractivity contribution in [1.82, 2.24) is 0 Å². The van der Waals surface area contributed by atoms with Gasteiger partial charge in [-0.1, -0.05) is 90.4 Å². The van der Waals surface area contributed by atoms with Crippen LogP contribution in [0.3, 0.4) is 0 Å². The molecular formula is C24H33NNaO4S. The van der Waals surface area contributed by atoms with Gasteiger partial charge < -0.3 is 4.18 Å². The average molecular weight is 455 g/mol. The molecule has 0 aliphatic rings. The predicted octanol–water partition coefficient (Wildman–Crippen LogP) is 5.15. The fourth-order valence-corrected chi connectivity index (χ4v) is 4.29. The number of nitrogens with two attached hydrogens (primary N) is 1. The number of carbonyl (C=O) groups excluding carboxylic acids is 1. The van der Waals surface area contributed by atoms with Crippen LogP contribution >= 0.6 is 0 Å². The largest absolute Gasteiger partial charge is 0.380 e. The molecule has 2 atom stereocenters. The average Bonchev–Trinajstić information content (AvgIpc) is 2.66. The van der Waals surface area contributed by atoms with Crippen molar-refractivity contribution >= 4 is 45.6 Å². The van der Waals surface area contributed by atoms with Gasteiger partial charge in [0, 0.05) is 46.6 Å². The van der Waals surface area contributed by atoms with Crippen molar-refractivity contribution in [1.29, 1.82) is 0 Å². The number of rotatable bonds is 9. The molecule has 2 unspecified atom stereocenters. The molecule has 0 fully saturated rings. The number of ketones is 1. The summed E-state index contributed by atoms with van der Waals surface area (Å²) in [7, 11) is -4.24. The first-order valence-electron chi connectivity index (χ1n) is 10.5. The quantitative estimate of drug-likeness (QED) is 0.419. The molecule has 2 aromatic rings. The summed E-state index contributed by atoms with van der Waals surface area (Å²) in [4.78, 5) is 13.8. The van der Waals surface area contributed by atoms with Gasteiger partial charge in [-0.2, -0.15) is 13.6 Å². The van der Waals surface area contributed by atoms with Gasteiger partial charge in [0.25, 0.3) is 0 Å². The first kappa shape index (κ1) is 27.9. The Bertz CT molecular complexity index is 988. The van der Waals surface area contributed by atoms with Crippen LogP contribution in [0.5, 0.6) is 5.75 Å². The van der Waals surface area contributed by atoms with Gasteiger partial charge in [0.15, 0.2) is 11.5 Å². The van der Waals surface area contributed by atoms with Crippen molar-refractivity contribution in [2.45, 2.75) is 65.7 Å². The zero-order chi connectivity index (χ0) is 22.6. The molecule has 0 aromatic heterocycles. The number of carbonyl (C=O) groups is 1. The fourth-order valence-electron chi connectivity index (χ4n) is 3.87. The molecule has 165 valence electrons. The Labute approximate surface area is 209 Å². The van der Waals surface area contributed by atoms with Crippen LogP contribution in [0.4, 0.5) is 0 Å². The molecule has 0 amide bonds. The molecule has 0 aliphatic carbocycles. The molecule has 0 spiro atoms. The normalized spacial score (nSPS) is 13.6. The van der Waals surface area contributed by atoms with Gasteiger partial charge in [-0.25, -0.2) is 0 Å². The Balaban J connectivity index is 0.00000480. The summed E-state index contributed by atoms with van der Waals surface area (Å²) in [5, 5.41) is 5.22. The Kier molecular flexibility index (Phi) is 10.4. The molecule has 1 radical (unpaired) electrons. The summed E-state index contributed by atoms with van der Waals surface area (Å²) in [6.45, 7) is 11.9. The van der Waals surface area contributed by atoms with Gasteiger partial charge >= 0.3 is 10.3 Å². The third-order valence-corrected chi connectivity index (χ3v) is 5.94. The minimum Gasteiger partial charge on any atom is -0.370 e. The van der Waals surface area contributed by atoms with Gasteiger partial charge in [0.2, 0.25) is 0 Å². The predicted molar refractivity (Wildman–Crippen MR) is 127 cm³/mol. The molecule has 0 bridgehead atoms. The van der Waals surface area contributed by atoms with Crippen molar-refractivity contribution in [3.8, 4) is 5.75 Å². The molecule has 31 heavy (non-hydrogen) atoms. The molecule has 2 N–H and O–H groups in total. The van der Waals surface area contributed by atoms with Crippen LogP contribution in [-0.4, -0.2) is 43.8 Å². The first-order chi connectivity index (χ1) is 14.0. The van der Waals surface area contributed by atoms with E-state index in [0.29, 0.717) is 16.7 Å². The zero-order valence-corrected chi connectivity index (χ0v) is 22.5. The Hall–Kier alpha value is -1.18. The van der Waals surface area contributed by atoms with E-state index in [1.54, 1.807) is 12.1 Å². The Morgan fingerprint density at radius 1 is 0.968 bits per heavy atom. The van der Waals surface area contributed by atoms with E-state index in [1.807, 2.05) is 58.0 Å². The van der Waals surface area contributed by atoms with Gasteiger partial charge in [0.1, 0.15) is 0 Å². The Morgan fingerprint density at radius 3 is 2.00 bits per heavy atom. The molecule has 0 aliphatic heterocycles. The number of hydrogen-bond donors (Lipinski definition) is 1. The summed E-state index contributed by atoms with van der Waals surface area (Å²) >= 11 is 0. The summed E-state index contributed by atoms with van der Waals surface area (Å²) in [6.07, 6.45) is 0.840. The van der Waals surface area contributed by atoms with E-state index >= 15 is 0 Å². The van der Waals surface area contributed by atoms with E-state index < -0.39 is 10.3 Å². The van der Waals surface area contributed by atoms with E-state index in [9.17, 15) is 13.2 Å². The molecule has 5 nitrogen and oxygen atoms in total. The maximum atomic E-state index is 13.8. The van der Waals surface area contributed by atoms with Gasteiger partial charge in [-0.15, -0.1) is 0 Å². The van der Waals surface area contributed by atoms with E-state index in [2.05, 4.69) is 13.8 Å². The van der Waals surface area contributed by atoms with Crippen molar-refractivity contribution in [3.05, 3.63) is 64.7 Å². The summed E-state index contributed by atoms with van der Waals surface area (Å²) in [5.41, 5.74) is 2.74. The Morgan fingerprint density at radius 2 is 1.55 bits per heavy atom. The summed E-state index contributed by atoms with van der Waals surface area (Å²) in [5.74, 6) is -0.193. The molecule has 2 rings (SSSR count). The summed E-state index contributed by atoms with van der Waals surface area (Å²) in [6, 6.07) is 13.3. The number of benzene rings is 2. The van der Waals surface area contributed by atoms with Gasteiger partial charge in [-0.05, 0) is 28.9 Å². The minimum absolute atomic E-state index is 0. The standard InChI is InChI=1S/C24H33NO4S.Na/c1-7-17(6)22(18-11-9-8-10-12-18)23(26)20-14-13-19(15(2)3)24(21(20)16(4)5)29-30(25,27)28;/h8-17,22H,7H2,1-6H3,(H2,25,27,28);. The fraction of sp³-hybridized carbons (Fsp3) is 0.458. The smallest absolute Gasteiger partial charge is 0.370 e. The second-order valence-electron chi connectivity index (χ2n) is 8.47. The van der Waals surface area contributed by atoms with Crippen LogP contribution in [0.2, 0.25) is 0 Å². The van der Waals surface area contributed by atoms with Crippen LogP contribution < -0.4 is 9.32 Å². The maximum absolute atomic E-state index is 13.8. The van der Waals surface area contributed by atoms with Crippen LogP contribution in [0, 0.1) is 5.92 Å². The van der Waals surface area contributed by atoms with E-state index in [1.165, 1.54) is 0 Å². The third kappa shape index (κ3) is 6.90. The second kappa shape index (κ2) is 11.6. The van der Waals surface area contributed by atoms with E-state index in [0.717, 1.165) is 12.0 Å². The van der Waals surface area contributed by atoms with Crippen molar-refractivity contribution in [2.24, 2.45) is 11.1 Å². The second-order valence-corrected chi connectivity index (χ2v) is 9.62. The minimum atomic E-state index is -4.24. The SMILES string of the molecule is CCC(C)C(C(=O)c1ccc(C(C)C)c(OS(N)(=O)=O)c1C(C)C)c1ccccc1.[Na]. The topological polar surface area (TPSA) is 86.5 Å². The molecular weight excluding hydrogens is 421 g/mol. The molecule has 0 heterocycles.